The Balaban J connectivity index is 4.09. The van der Waals surface area contributed by atoms with Gasteiger partial charge in [-0.2, -0.15) is 0 Å². The zero-order valence-electron chi connectivity index (χ0n) is 38.2. The van der Waals surface area contributed by atoms with Gasteiger partial charge in [-0.3, -0.25) is 18.6 Å². The fourth-order valence-corrected chi connectivity index (χ4v) is 7.90. The van der Waals surface area contributed by atoms with Crippen molar-refractivity contribution in [2.75, 3.05) is 26.4 Å². The summed E-state index contributed by atoms with van der Waals surface area (Å²) in [6.07, 6.45) is 44.7. The van der Waals surface area contributed by atoms with Crippen LogP contribution >= 0.6 is 7.82 Å². The van der Waals surface area contributed by atoms with Crippen molar-refractivity contribution in [1.82, 2.24) is 0 Å². The van der Waals surface area contributed by atoms with Crippen molar-refractivity contribution in [2.24, 2.45) is 0 Å². The summed E-state index contributed by atoms with van der Waals surface area (Å²) in [5.41, 5.74) is 0. The van der Waals surface area contributed by atoms with Crippen molar-refractivity contribution in [3.8, 4) is 0 Å². The van der Waals surface area contributed by atoms with E-state index in [9.17, 15) is 24.2 Å². The van der Waals surface area contributed by atoms with Crippen LogP contribution in [0.4, 0.5) is 0 Å². The second-order valence-corrected chi connectivity index (χ2v) is 18.3. The van der Waals surface area contributed by atoms with Crippen LogP contribution in [-0.2, 0) is 32.7 Å². The Morgan fingerprint density at radius 3 is 1.24 bits per heavy atom. The minimum absolute atomic E-state index is 0.178. The first-order valence-corrected chi connectivity index (χ1v) is 26.1. The van der Waals surface area contributed by atoms with Crippen molar-refractivity contribution < 1.29 is 47.8 Å². The van der Waals surface area contributed by atoms with Crippen molar-refractivity contribution in [3.63, 3.8) is 0 Å². The number of hydrogen-bond donors (Lipinski definition) is 3. The first kappa shape index (κ1) is 57.7. The van der Waals surface area contributed by atoms with Crippen LogP contribution in [0, 0.1) is 0 Å². The summed E-state index contributed by atoms with van der Waals surface area (Å²) in [5.74, 6) is -0.921. The number of hydrogen-bond acceptors (Lipinski definition) is 9. The first-order chi connectivity index (χ1) is 28.7. The van der Waals surface area contributed by atoms with Gasteiger partial charge in [0.05, 0.1) is 19.8 Å². The second-order valence-electron chi connectivity index (χ2n) is 16.8. The maximum absolute atomic E-state index is 12.6. The molecule has 10 nitrogen and oxygen atoms in total. The lowest BCUT2D eigenvalue weighted by atomic mass is 10.0. The highest BCUT2D eigenvalue weighted by molar-refractivity contribution is 7.47. The van der Waals surface area contributed by atoms with Crippen LogP contribution < -0.4 is 0 Å². The lowest BCUT2D eigenvalue weighted by molar-refractivity contribution is -0.161. The topological polar surface area (TPSA) is 149 Å². The number of carbonyl (C=O) groups is 2. The predicted octanol–water partition coefficient (Wildman–Crippen LogP) is 13.6. The number of phosphoric ester groups is 1. The van der Waals surface area contributed by atoms with E-state index in [1.807, 2.05) is 0 Å². The molecule has 0 aliphatic rings. The Morgan fingerprint density at radius 1 is 0.492 bits per heavy atom. The molecule has 11 heteroatoms. The minimum Gasteiger partial charge on any atom is -0.462 e. The standard InChI is InChI=1S/C48H93O10P/c1-3-5-7-9-11-13-15-17-18-19-20-21-22-23-24-25-26-28-29-31-33-35-37-39-47(51)55-43-46(44-57-59(53,54)56-42-45(50)41-49)58-48(52)40-38-36-34-32-30-27-16-14-12-10-8-6-4-2/h14,16,45-46,49-50H,3-13,15,17-44H2,1-2H3,(H,53,54)/b16-14-. The van der Waals surface area contributed by atoms with Gasteiger partial charge in [-0.05, 0) is 38.5 Å². The van der Waals surface area contributed by atoms with Crippen LogP contribution in [0.15, 0.2) is 12.2 Å². The number of ether oxygens (including phenoxy) is 2. The normalized spacial score (nSPS) is 13.8. The Bertz CT molecular complexity index is 993. The highest BCUT2D eigenvalue weighted by atomic mass is 31.2. The summed E-state index contributed by atoms with van der Waals surface area (Å²) in [6.45, 7) is 2.40. The number of carbonyl (C=O) groups excluding carboxylic acids is 2. The molecular weight excluding hydrogens is 767 g/mol. The Labute approximate surface area is 362 Å². The third-order valence-corrected chi connectivity index (χ3v) is 11.9. The zero-order valence-corrected chi connectivity index (χ0v) is 39.1. The number of unbranched alkanes of at least 4 members (excludes halogenated alkanes) is 31. The van der Waals surface area contributed by atoms with Crippen LogP contribution in [0.3, 0.4) is 0 Å². The van der Waals surface area contributed by atoms with E-state index >= 15 is 0 Å². The summed E-state index contributed by atoms with van der Waals surface area (Å²) in [4.78, 5) is 35.1. The lowest BCUT2D eigenvalue weighted by Crippen LogP contribution is -2.29. The number of allylic oxidation sites excluding steroid dienone is 2. The molecular formula is C48H93O10P. The van der Waals surface area contributed by atoms with Gasteiger partial charge in [0.2, 0.25) is 0 Å². The Morgan fingerprint density at radius 2 is 0.831 bits per heavy atom. The molecule has 0 amide bonds. The smallest absolute Gasteiger partial charge is 0.462 e. The molecule has 0 spiro atoms. The maximum Gasteiger partial charge on any atom is 0.472 e. The monoisotopic (exact) mass is 861 g/mol. The van der Waals surface area contributed by atoms with Gasteiger partial charge >= 0.3 is 19.8 Å². The number of aliphatic hydroxyl groups is 2. The highest BCUT2D eigenvalue weighted by Crippen LogP contribution is 2.43. The van der Waals surface area contributed by atoms with Gasteiger partial charge in [0.1, 0.15) is 12.7 Å². The number of esters is 2. The van der Waals surface area contributed by atoms with Crippen molar-refractivity contribution >= 4 is 19.8 Å². The molecule has 3 unspecified atom stereocenters. The molecule has 0 aromatic heterocycles. The largest absolute Gasteiger partial charge is 0.472 e. The lowest BCUT2D eigenvalue weighted by Gasteiger charge is -2.20. The summed E-state index contributed by atoms with van der Waals surface area (Å²) in [7, 11) is -4.62. The molecule has 0 rings (SSSR count). The van der Waals surface area contributed by atoms with E-state index in [-0.39, 0.29) is 19.4 Å². The molecule has 0 saturated heterocycles. The van der Waals surface area contributed by atoms with Gasteiger partial charge in [0.15, 0.2) is 6.10 Å². The Hall–Kier alpha value is -1.29. The molecule has 0 aliphatic heterocycles. The summed E-state index contributed by atoms with van der Waals surface area (Å²) in [6, 6.07) is 0. The SMILES string of the molecule is CCCCCC/C=C\CCCCCCCC(=O)OC(COC(=O)CCCCCCCCCCCCCCCCCCCCCCCCC)COP(=O)(O)OCC(O)CO. The Kier molecular flexibility index (Phi) is 43.8. The third kappa shape index (κ3) is 44.6. The van der Waals surface area contributed by atoms with Crippen molar-refractivity contribution in [1.29, 1.82) is 0 Å². The molecule has 0 aliphatic carbocycles. The van der Waals surface area contributed by atoms with E-state index in [4.69, 9.17) is 23.6 Å². The molecule has 0 saturated carbocycles. The summed E-state index contributed by atoms with van der Waals surface area (Å²) in [5, 5.41) is 18.4. The quantitative estimate of drug-likeness (QED) is 0.0234. The van der Waals surface area contributed by atoms with E-state index in [0.717, 1.165) is 51.4 Å². The molecule has 0 heterocycles. The average molecular weight is 861 g/mol. The molecule has 59 heavy (non-hydrogen) atoms. The fraction of sp³-hybridized carbons (Fsp3) is 0.917. The third-order valence-electron chi connectivity index (χ3n) is 10.9. The molecule has 0 aromatic carbocycles. The molecule has 3 atom stereocenters. The van der Waals surface area contributed by atoms with Gasteiger partial charge in [0, 0.05) is 12.8 Å². The van der Waals surface area contributed by atoms with E-state index in [2.05, 4.69) is 26.0 Å². The van der Waals surface area contributed by atoms with Gasteiger partial charge in [-0.15, -0.1) is 0 Å². The predicted molar refractivity (Wildman–Crippen MR) is 242 cm³/mol. The molecule has 0 bridgehead atoms. The van der Waals surface area contributed by atoms with Gasteiger partial charge in [-0.25, -0.2) is 4.57 Å². The van der Waals surface area contributed by atoms with Crippen LogP contribution in [0.5, 0.6) is 0 Å². The molecule has 3 N–H and O–H groups in total. The molecule has 0 aromatic rings. The van der Waals surface area contributed by atoms with Crippen LogP contribution in [-0.4, -0.2) is 65.7 Å². The van der Waals surface area contributed by atoms with E-state index in [1.54, 1.807) is 0 Å². The summed E-state index contributed by atoms with van der Waals surface area (Å²) >= 11 is 0. The van der Waals surface area contributed by atoms with E-state index in [0.29, 0.717) is 12.8 Å². The van der Waals surface area contributed by atoms with Gasteiger partial charge in [-0.1, -0.05) is 206 Å². The maximum atomic E-state index is 12.6. The highest BCUT2D eigenvalue weighted by Gasteiger charge is 2.27. The summed E-state index contributed by atoms with van der Waals surface area (Å²) < 4.78 is 32.8. The fourth-order valence-electron chi connectivity index (χ4n) is 7.11. The van der Waals surface area contributed by atoms with Crippen LogP contribution in [0.1, 0.15) is 245 Å². The van der Waals surface area contributed by atoms with E-state index < -0.39 is 51.8 Å². The molecule has 0 radical (unpaired) electrons. The number of aliphatic hydroxyl groups excluding tert-OH is 2. The van der Waals surface area contributed by atoms with Crippen LogP contribution in [0.2, 0.25) is 0 Å². The minimum atomic E-state index is -4.62. The first-order valence-electron chi connectivity index (χ1n) is 24.6. The number of rotatable bonds is 47. The van der Waals surface area contributed by atoms with Gasteiger partial charge < -0.3 is 24.6 Å². The second kappa shape index (κ2) is 44.8. The number of phosphoric acid groups is 1. The van der Waals surface area contributed by atoms with Crippen molar-refractivity contribution in [3.05, 3.63) is 12.2 Å². The molecule has 0 fully saturated rings. The average Bonchev–Trinajstić information content (AvgIpc) is 3.22. The van der Waals surface area contributed by atoms with Crippen molar-refractivity contribution in [2.45, 2.75) is 257 Å². The van der Waals surface area contributed by atoms with Gasteiger partial charge in [0.25, 0.3) is 0 Å². The van der Waals surface area contributed by atoms with Crippen LogP contribution in [0.25, 0.3) is 0 Å². The molecule has 350 valence electrons. The van der Waals surface area contributed by atoms with E-state index in [1.165, 1.54) is 154 Å². The zero-order chi connectivity index (χ0) is 43.3.